The number of anilines is 1. The molecule has 0 aromatic carbocycles. The third-order valence-electron chi connectivity index (χ3n) is 2.66. The minimum atomic E-state index is -0.206. The van der Waals surface area contributed by atoms with E-state index in [1.54, 1.807) is 18.7 Å². The lowest BCUT2D eigenvalue weighted by Gasteiger charge is -2.06. The molecule has 0 aliphatic heterocycles. The summed E-state index contributed by atoms with van der Waals surface area (Å²) in [4.78, 5) is 24.0. The second-order valence-corrected chi connectivity index (χ2v) is 4.23. The summed E-state index contributed by atoms with van der Waals surface area (Å²) in [6.45, 7) is 4.11. The van der Waals surface area contributed by atoms with Crippen molar-refractivity contribution in [3.8, 4) is 0 Å². The van der Waals surface area contributed by atoms with Crippen molar-refractivity contribution in [3.05, 3.63) is 36.8 Å². The molecule has 0 saturated heterocycles. The van der Waals surface area contributed by atoms with Crippen LogP contribution in [0.3, 0.4) is 0 Å². The molecular weight excluding hydrogens is 256 g/mol. The highest BCUT2D eigenvalue weighted by Crippen LogP contribution is 2.01. The second-order valence-electron chi connectivity index (χ2n) is 4.23. The van der Waals surface area contributed by atoms with E-state index >= 15 is 0 Å². The van der Waals surface area contributed by atoms with Gasteiger partial charge in [0.05, 0.1) is 18.7 Å². The third kappa shape index (κ3) is 4.04. The number of aromatic nitrogens is 4. The van der Waals surface area contributed by atoms with Crippen LogP contribution in [0.25, 0.3) is 0 Å². The first kappa shape index (κ1) is 14.0. The Balaban J connectivity index is 1.78. The lowest BCUT2D eigenvalue weighted by Crippen LogP contribution is -2.26. The predicted octanol–water partition coefficient (Wildman–Crippen LogP) is 0.925. The lowest BCUT2D eigenvalue weighted by molar-refractivity contribution is 0.0947. The van der Waals surface area contributed by atoms with Crippen LogP contribution in [0.5, 0.6) is 0 Å². The molecule has 2 N–H and O–H groups in total. The minimum Gasteiger partial charge on any atom is -0.369 e. The van der Waals surface area contributed by atoms with E-state index in [4.69, 9.17) is 0 Å². The summed E-state index contributed by atoms with van der Waals surface area (Å²) in [6, 6.07) is 0. The molecule has 0 radical (unpaired) electrons. The van der Waals surface area contributed by atoms with Crippen molar-refractivity contribution in [2.75, 3.05) is 18.4 Å². The third-order valence-corrected chi connectivity index (χ3v) is 2.66. The SMILES string of the molecule is CCNc1cncc(C(=O)NCCCn2ccnc2)n1. The normalized spacial score (nSPS) is 10.2. The Morgan fingerprint density at radius 3 is 3.00 bits per heavy atom. The maximum atomic E-state index is 11.9. The molecule has 1 amide bonds. The van der Waals surface area contributed by atoms with Gasteiger partial charge in [-0.3, -0.25) is 9.78 Å². The predicted molar refractivity (Wildman–Crippen MR) is 75.4 cm³/mol. The number of carbonyl (C=O) groups excluding carboxylic acids is 1. The number of hydrogen-bond acceptors (Lipinski definition) is 5. The fraction of sp³-hybridized carbons (Fsp3) is 0.385. The van der Waals surface area contributed by atoms with Gasteiger partial charge in [-0.15, -0.1) is 0 Å². The van der Waals surface area contributed by atoms with Crippen LogP contribution in [0.15, 0.2) is 31.1 Å². The van der Waals surface area contributed by atoms with Crippen LogP contribution >= 0.6 is 0 Å². The van der Waals surface area contributed by atoms with Crippen LogP contribution in [-0.4, -0.2) is 38.5 Å². The van der Waals surface area contributed by atoms with Crippen LogP contribution in [0.4, 0.5) is 5.82 Å². The smallest absolute Gasteiger partial charge is 0.271 e. The largest absolute Gasteiger partial charge is 0.369 e. The van der Waals surface area contributed by atoms with Crippen molar-refractivity contribution in [2.24, 2.45) is 0 Å². The Kier molecular flexibility index (Phi) is 5.05. The maximum Gasteiger partial charge on any atom is 0.271 e. The number of aryl methyl sites for hydroxylation is 1. The number of hydrogen-bond donors (Lipinski definition) is 2. The summed E-state index contributed by atoms with van der Waals surface area (Å²) < 4.78 is 1.97. The molecule has 0 aliphatic carbocycles. The first-order valence-corrected chi connectivity index (χ1v) is 6.59. The number of imidazole rings is 1. The van der Waals surface area contributed by atoms with Gasteiger partial charge in [-0.05, 0) is 13.3 Å². The Hall–Kier alpha value is -2.44. The van der Waals surface area contributed by atoms with E-state index in [2.05, 4.69) is 25.6 Å². The fourth-order valence-corrected chi connectivity index (χ4v) is 1.71. The molecule has 0 fully saturated rings. The molecule has 2 heterocycles. The highest BCUT2D eigenvalue weighted by atomic mass is 16.1. The average Bonchev–Trinajstić information content (AvgIpc) is 2.97. The maximum absolute atomic E-state index is 11.9. The van der Waals surface area contributed by atoms with E-state index < -0.39 is 0 Å². The number of carbonyl (C=O) groups is 1. The molecule has 0 aliphatic rings. The highest BCUT2D eigenvalue weighted by molar-refractivity contribution is 5.92. The van der Waals surface area contributed by atoms with Crippen LogP contribution in [-0.2, 0) is 6.54 Å². The van der Waals surface area contributed by atoms with Crippen molar-refractivity contribution >= 4 is 11.7 Å². The number of nitrogens with zero attached hydrogens (tertiary/aromatic N) is 4. The Labute approximate surface area is 117 Å². The summed E-state index contributed by atoms with van der Waals surface area (Å²) >= 11 is 0. The molecule has 106 valence electrons. The van der Waals surface area contributed by atoms with E-state index in [1.807, 2.05) is 17.7 Å². The summed E-state index contributed by atoms with van der Waals surface area (Å²) in [7, 11) is 0. The van der Waals surface area contributed by atoms with Crippen molar-refractivity contribution in [3.63, 3.8) is 0 Å². The zero-order valence-electron chi connectivity index (χ0n) is 11.4. The van der Waals surface area contributed by atoms with E-state index in [0.29, 0.717) is 18.1 Å². The molecule has 20 heavy (non-hydrogen) atoms. The zero-order valence-corrected chi connectivity index (χ0v) is 11.4. The van der Waals surface area contributed by atoms with Gasteiger partial charge in [0, 0.05) is 32.0 Å². The van der Waals surface area contributed by atoms with Crippen molar-refractivity contribution in [1.82, 2.24) is 24.8 Å². The van der Waals surface area contributed by atoms with Crippen LogP contribution in [0.1, 0.15) is 23.8 Å². The van der Waals surface area contributed by atoms with E-state index in [9.17, 15) is 4.79 Å². The molecule has 2 rings (SSSR count). The van der Waals surface area contributed by atoms with E-state index in [1.165, 1.54) is 6.20 Å². The first-order valence-electron chi connectivity index (χ1n) is 6.59. The molecule has 0 bridgehead atoms. The summed E-state index contributed by atoms with van der Waals surface area (Å²) in [5.41, 5.74) is 0.325. The van der Waals surface area contributed by atoms with E-state index in [-0.39, 0.29) is 5.91 Å². The molecule has 0 atom stereocenters. The van der Waals surface area contributed by atoms with Gasteiger partial charge in [-0.2, -0.15) is 0 Å². The average molecular weight is 274 g/mol. The molecular formula is C13H18N6O. The summed E-state index contributed by atoms with van der Waals surface area (Å²) in [5.74, 6) is 0.404. The Morgan fingerprint density at radius 2 is 2.25 bits per heavy atom. The second kappa shape index (κ2) is 7.22. The van der Waals surface area contributed by atoms with Gasteiger partial charge in [-0.1, -0.05) is 0 Å². The van der Waals surface area contributed by atoms with Crippen molar-refractivity contribution < 1.29 is 4.79 Å². The van der Waals surface area contributed by atoms with Crippen LogP contribution < -0.4 is 10.6 Å². The monoisotopic (exact) mass is 274 g/mol. The van der Waals surface area contributed by atoms with Gasteiger partial charge in [-0.25, -0.2) is 9.97 Å². The number of rotatable bonds is 7. The molecule has 0 saturated carbocycles. The van der Waals surface area contributed by atoms with Gasteiger partial charge in [0.2, 0.25) is 0 Å². The lowest BCUT2D eigenvalue weighted by atomic mass is 10.3. The highest BCUT2D eigenvalue weighted by Gasteiger charge is 2.07. The van der Waals surface area contributed by atoms with Crippen molar-refractivity contribution in [2.45, 2.75) is 19.9 Å². The van der Waals surface area contributed by atoms with Crippen LogP contribution in [0, 0.1) is 0 Å². The zero-order chi connectivity index (χ0) is 14.2. The topological polar surface area (TPSA) is 84.7 Å². The molecule has 7 heteroatoms. The Morgan fingerprint density at radius 1 is 1.35 bits per heavy atom. The quantitative estimate of drug-likeness (QED) is 0.734. The van der Waals surface area contributed by atoms with Gasteiger partial charge in [0.1, 0.15) is 11.5 Å². The van der Waals surface area contributed by atoms with Crippen molar-refractivity contribution in [1.29, 1.82) is 0 Å². The molecule has 0 spiro atoms. The number of amides is 1. The summed E-state index contributed by atoms with van der Waals surface area (Å²) in [5, 5.41) is 5.85. The van der Waals surface area contributed by atoms with Crippen LogP contribution in [0.2, 0.25) is 0 Å². The van der Waals surface area contributed by atoms with E-state index in [0.717, 1.165) is 19.5 Å². The van der Waals surface area contributed by atoms with Gasteiger partial charge in [0.25, 0.3) is 5.91 Å². The number of nitrogens with one attached hydrogen (secondary N) is 2. The molecule has 0 unspecified atom stereocenters. The molecule has 2 aromatic rings. The standard InChI is InChI=1S/C13H18N6O/c1-2-16-12-9-15-8-11(18-12)13(20)17-4-3-6-19-7-5-14-10-19/h5,7-10H,2-4,6H2,1H3,(H,16,18)(H,17,20). The van der Waals surface area contributed by atoms with Gasteiger partial charge < -0.3 is 15.2 Å². The summed E-state index contributed by atoms with van der Waals surface area (Å²) in [6.07, 6.45) is 9.29. The van der Waals surface area contributed by atoms with Gasteiger partial charge in [0.15, 0.2) is 0 Å². The molecule has 7 nitrogen and oxygen atoms in total. The molecule has 2 aromatic heterocycles. The first-order chi connectivity index (χ1) is 9.79. The minimum absolute atomic E-state index is 0.206. The van der Waals surface area contributed by atoms with Gasteiger partial charge >= 0.3 is 0 Å². The fourth-order valence-electron chi connectivity index (χ4n) is 1.71. The Bertz CT molecular complexity index is 540.